The van der Waals surface area contributed by atoms with Crippen molar-refractivity contribution in [2.45, 2.75) is 32.2 Å². The second kappa shape index (κ2) is 13.0. The van der Waals surface area contributed by atoms with Gasteiger partial charge in [-0.15, -0.1) is 0 Å². The molecule has 7 nitrogen and oxygen atoms in total. The minimum absolute atomic E-state index is 0.0457. The smallest absolute Gasteiger partial charge is 0.246 e. The molecule has 0 saturated carbocycles. The lowest BCUT2D eigenvalue weighted by Crippen LogP contribution is -2.45. The van der Waals surface area contributed by atoms with E-state index in [-0.39, 0.29) is 18.4 Å². The number of amides is 2. The first-order chi connectivity index (χ1) is 16.5. The summed E-state index contributed by atoms with van der Waals surface area (Å²) in [6, 6.07) is 23.8. The van der Waals surface area contributed by atoms with Gasteiger partial charge in [0.15, 0.2) is 0 Å². The Morgan fingerprint density at radius 1 is 0.853 bits per heavy atom. The third-order valence-corrected chi connectivity index (χ3v) is 5.20. The quantitative estimate of drug-likeness (QED) is 0.299. The lowest BCUT2D eigenvalue weighted by molar-refractivity contribution is -0.125. The molecule has 3 aromatic rings. The molecule has 178 valence electrons. The predicted octanol–water partition coefficient (Wildman–Crippen LogP) is 4.45. The van der Waals surface area contributed by atoms with E-state index in [0.29, 0.717) is 24.4 Å². The molecule has 0 aliphatic carbocycles. The zero-order valence-electron chi connectivity index (χ0n) is 19.4. The SMILES string of the molecule is Cc1ccc(NC(=O)C(CCCCN)NC(=O)CNc2ccc(Oc3ccccc3)cc2)cc1. The van der Waals surface area contributed by atoms with Gasteiger partial charge < -0.3 is 26.4 Å². The number of hydrogen-bond donors (Lipinski definition) is 4. The summed E-state index contributed by atoms with van der Waals surface area (Å²) in [5.41, 5.74) is 8.17. The minimum atomic E-state index is -0.635. The lowest BCUT2D eigenvalue weighted by Gasteiger charge is -2.19. The fourth-order valence-electron chi connectivity index (χ4n) is 3.32. The van der Waals surface area contributed by atoms with E-state index in [1.807, 2.05) is 85.8 Å². The number of carbonyl (C=O) groups is 2. The average molecular weight is 461 g/mol. The first kappa shape index (κ1) is 24.8. The number of hydrogen-bond acceptors (Lipinski definition) is 5. The van der Waals surface area contributed by atoms with Crippen molar-refractivity contribution in [2.75, 3.05) is 23.7 Å². The van der Waals surface area contributed by atoms with Gasteiger partial charge in [-0.3, -0.25) is 9.59 Å². The number of rotatable bonds is 12. The maximum absolute atomic E-state index is 12.8. The van der Waals surface area contributed by atoms with Crippen molar-refractivity contribution in [3.63, 3.8) is 0 Å². The summed E-state index contributed by atoms with van der Waals surface area (Å²) >= 11 is 0. The fraction of sp³-hybridized carbons (Fsp3) is 0.259. The van der Waals surface area contributed by atoms with Crippen molar-refractivity contribution < 1.29 is 14.3 Å². The number of anilines is 2. The van der Waals surface area contributed by atoms with E-state index in [1.54, 1.807) is 0 Å². The van der Waals surface area contributed by atoms with E-state index < -0.39 is 6.04 Å². The van der Waals surface area contributed by atoms with Crippen LogP contribution in [-0.2, 0) is 9.59 Å². The summed E-state index contributed by atoms with van der Waals surface area (Å²) in [5, 5.41) is 8.81. The van der Waals surface area contributed by atoms with Gasteiger partial charge in [-0.25, -0.2) is 0 Å². The van der Waals surface area contributed by atoms with Crippen molar-refractivity contribution in [3.8, 4) is 11.5 Å². The molecule has 7 heteroatoms. The Kier molecular flexibility index (Phi) is 9.49. The van der Waals surface area contributed by atoms with Crippen LogP contribution in [0.3, 0.4) is 0 Å². The van der Waals surface area contributed by atoms with Crippen LogP contribution in [0.5, 0.6) is 11.5 Å². The molecule has 0 aliphatic heterocycles. The summed E-state index contributed by atoms with van der Waals surface area (Å²) in [7, 11) is 0. The lowest BCUT2D eigenvalue weighted by atomic mass is 10.1. The van der Waals surface area contributed by atoms with E-state index in [9.17, 15) is 9.59 Å². The van der Waals surface area contributed by atoms with Crippen LogP contribution in [0, 0.1) is 6.92 Å². The highest BCUT2D eigenvalue weighted by molar-refractivity contribution is 5.97. The van der Waals surface area contributed by atoms with Gasteiger partial charge in [0.25, 0.3) is 0 Å². The molecule has 0 aromatic heterocycles. The van der Waals surface area contributed by atoms with Crippen molar-refractivity contribution in [2.24, 2.45) is 5.73 Å². The summed E-state index contributed by atoms with van der Waals surface area (Å²) in [6.45, 7) is 2.58. The minimum Gasteiger partial charge on any atom is -0.457 e. The molecule has 3 rings (SSSR count). The molecule has 0 heterocycles. The van der Waals surface area contributed by atoms with Gasteiger partial charge in [0.1, 0.15) is 17.5 Å². The molecule has 5 N–H and O–H groups in total. The van der Waals surface area contributed by atoms with Gasteiger partial charge in [0.2, 0.25) is 11.8 Å². The predicted molar refractivity (Wildman–Crippen MR) is 136 cm³/mol. The van der Waals surface area contributed by atoms with Crippen molar-refractivity contribution in [1.82, 2.24) is 5.32 Å². The monoisotopic (exact) mass is 460 g/mol. The standard InChI is InChI=1S/C27H32N4O3/c1-20-10-12-22(13-11-20)30-27(33)25(9-5-6-18-28)31-26(32)19-29-21-14-16-24(17-15-21)34-23-7-3-2-4-8-23/h2-4,7-8,10-17,25,29H,5-6,9,18-19,28H2,1H3,(H,30,33)(H,31,32). The summed E-state index contributed by atoms with van der Waals surface area (Å²) in [4.78, 5) is 25.4. The van der Waals surface area contributed by atoms with Gasteiger partial charge in [-0.1, -0.05) is 35.9 Å². The number of carbonyl (C=O) groups excluding carboxylic acids is 2. The molecule has 0 radical (unpaired) electrons. The number of nitrogens with one attached hydrogen (secondary N) is 3. The number of nitrogens with two attached hydrogens (primary N) is 1. The number of para-hydroxylation sites is 1. The van der Waals surface area contributed by atoms with Gasteiger partial charge in [0.05, 0.1) is 6.54 Å². The Morgan fingerprint density at radius 3 is 2.18 bits per heavy atom. The number of unbranched alkanes of at least 4 members (excludes halogenated alkanes) is 1. The highest BCUT2D eigenvalue weighted by Gasteiger charge is 2.20. The largest absolute Gasteiger partial charge is 0.457 e. The van der Waals surface area contributed by atoms with Crippen LogP contribution >= 0.6 is 0 Å². The molecule has 0 spiro atoms. The van der Waals surface area contributed by atoms with Crippen LogP contribution in [0.25, 0.3) is 0 Å². The highest BCUT2D eigenvalue weighted by Crippen LogP contribution is 2.22. The maximum atomic E-state index is 12.8. The fourth-order valence-corrected chi connectivity index (χ4v) is 3.32. The summed E-state index contributed by atoms with van der Waals surface area (Å²) < 4.78 is 5.78. The molecule has 34 heavy (non-hydrogen) atoms. The number of aryl methyl sites for hydroxylation is 1. The molecule has 2 amide bonds. The van der Waals surface area contributed by atoms with Crippen molar-refractivity contribution in [3.05, 3.63) is 84.4 Å². The van der Waals surface area contributed by atoms with E-state index in [0.717, 1.165) is 29.8 Å². The van der Waals surface area contributed by atoms with Gasteiger partial charge in [-0.2, -0.15) is 0 Å². The normalized spacial score (nSPS) is 11.4. The second-order valence-electron chi connectivity index (χ2n) is 8.05. The molecule has 3 aromatic carbocycles. The molecule has 0 saturated heterocycles. The third kappa shape index (κ3) is 8.26. The van der Waals surface area contributed by atoms with Crippen LogP contribution in [-0.4, -0.2) is 30.9 Å². The average Bonchev–Trinajstić information content (AvgIpc) is 2.85. The van der Waals surface area contributed by atoms with Gasteiger partial charge in [-0.05, 0) is 81.3 Å². The first-order valence-corrected chi connectivity index (χ1v) is 11.5. The van der Waals surface area contributed by atoms with E-state index >= 15 is 0 Å². The highest BCUT2D eigenvalue weighted by atomic mass is 16.5. The zero-order chi connectivity index (χ0) is 24.2. The van der Waals surface area contributed by atoms with E-state index in [4.69, 9.17) is 10.5 Å². The molecule has 1 atom stereocenters. The van der Waals surface area contributed by atoms with Crippen molar-refractivity contribution >= 4 is 23.2 Å². The molecular formula is C27H32N4O3. The second-order valence-corrected chi connectivity index (χ2v) is 8.05. The number of benzene rings is 3. The molecule has 0 aliphatic rings. The molecule has 0 bridgehead atoms. The third-order valence-electron chi connectivity index (χ3n) is 5.20. The Labute approximate surface area is 200 Å². The van der Waals surface area contributed by atoms with Crippen LogP contribution in [0.2, 0.25) is 0 Å². The van der Waals surface area contributed by atoms with Crippen LogP contribution in [0.1, 0.15) is 24.8 Å². The topological polar surface area (TPSA) is 105 Å². The Bertz CT molecular complexity index is 1040. The summed E-state index contributed by atoms with van der Waals surface area (Å²) in [5.74, 6) is 0.958. The van der Waals surface area contributed by atoms with Crippen LogP contribution in [0.4, 0.5) is 11.4 Å². The van der Waals surface area contributed by atoms with Crippen molar-refractivity contribution in [1.29, 1.82) is 0 Å². The van der Waals surface area contributed by atoms with E-state index in [2.05, 4.69) is 16.0 Å². The van der Waals surface area contributed by atoms with Gasteiger partial charge >= 0.3 is 0 Å². The first-order valence-electron chi connectivity index (χ1n) is 11.5. The molecule has 0 fully saturated rings. The Balaban J connectivity index is 1.51. The Morgan fingerprint density at radius 2 is 1.50 bits per heavy atom. The van der Waals surface area contributed by atoms with Crippen LogP contribution in [0.15, 0.2) is 78.9 Å². The maximum Gasteiger partial charge on any atom is 0.246 e. The summed E-state index contributed by atoms with van der Waals surface area (Å²) in [6.07, 6.45) is 2.06. The zero-order valence-corrected chi connectivity index (χ0v) is 19.4. The molecule has 1 unspecified atom stereocenters. The Hall–Kier alpha value is -3.84. The van der Waals surface area contributed by atoms with Gasteiger partial charge in [0, 0.05) is 11.4 Å². The van der Waals surface area contributed by atoms with E-state index in [1.165, 1.54) is 0 Å². The molecular weight excluding hydrogens is 428 g/mol. The van der Waals surface area contributed by atoms with Crippen LogP contribution < -0.4 is 26.4 Å². The number of ether oxygens (including phenoxy) is 1.